The van der Waals surface area contributed by atoms with E-state index in [2.05, 4.69) is 20.6 Å². The molecule has 0 saturated carbocycles. The van der Waals surface area contributed by atoms with E-state index in [0.29, 0.717) is 11.6 Å². The number of thiazole rings is 1. The zero-order chi connectivity index (χ0) is 14.5. The van der Waals surface area contributed by atoms with Gasteiger partial charge < -0.3 is 10.6 Å². The molecule has 3 rings (SSSR count). The average molecular weight is 320 g/mol. The minimum atomic E-state index is 0.0110. The Balaban J connectivity index is 1.58. The maximum Gasteiger partial charge on any atom is 0.227 e. The highest BCUT2D eigenvalue weighted by molar-refractivity contribution is 7.99. The second-order valence-corrected chi connectivity index (χ2v) is 6.74. The van der Waals surface area contributed by atoms with Gasteiger partial charge in [0.25, 0.3) is 0 Å². The fraction of sp³-hybridized carbons (Fsp3) is 0.357. The maximum absolute atomic E-state index is 12.0. The van der Waals surface area contributed by atoms with Crippen LogP contribution in [0.4, 0.5) is 5.13 Å². The number of hydrogen-bond acceptors (Lipinski definition) is 6. The van der Waals surface area contributed by atoms with Gasteiger partial charge in [-0.3, -0.25) is 9.78 Å². The van der Waals surface area contributed by atoms with Gasteiger partial charge in [0, 0.05) is 42.1 Å². The highest BCUT2D eigenvalue weighted by Gasteiger charge is 2.17. The molecule has 21 heavy (non-hydrogen) atoms. The van der Waals surface area contributed by atoms with Crippen molar-refractivity contribution < 1.29 is 4.79 Å². The molecule has 0 aromatic carbocycles. The number of nitrogens with zero attached hydrogens (tertiary/aromatic N) is 2. The van der Waals surface area contributed by atoms with E-state index in [0.717, 1.165) is 29.4 Å². The van der Waals surface area contributed by atoms with Gasteiger partial charge in [-0.25, -0.2) is 4.98 Å². The highest BCUT2D eigenvalue weighted by Crippen LogP contribution is 2.23. The molecule has 0 spiro atoms. The van der Waals surface area contributed by atoms with E-state index in [9.17, 15) is 4.79 Å². The molecular formula is C14H16N4OS2. The van der Waals surface area contributed by atoms with Crippen LogP contribution in [0.2, 0.25) is 0 Å². The first kappa shape index (κ1) is 14.5. The third-order valence-corrected chi connectivity index (χ3v) is 5.00. The SMILES string of the molecule is O=C(CC1CSCCN1)Nc1nc(-c2ccccn2)cs1. The summed E-state index contributed by atoms with van der Waals surface area (Å²) in [6, 6.07) is 5.96. The summed E-state index contributed by atoms with van der Waals surface area (Å²) in [7, 11) is 0. The molecule has 1 fully saturated rings. The molecular weight excluding hydrogens is 304 g/mol. The molecule has 0 aliphatic carbocycles. The van der Waals surface area contributed by atoms with Crippen molar-refractivity contribution in [2.45, 2.75) is 12.5 Å². The van der Waals surface area contributed by atoms with Gasteiger partial charge in [-0.2, -0.15) is 11.8 Å². The molecule has 1 amide bonds. The molecule has 5 nitrogen and oxygen atoms in total. The second-order valence-electron chi connectivity index (χ2n) is 4.73. The van der Waals surface area contributed by atoms with Crippen LogP contribution in [0.3, 0.4) is 0 Å². The Kier molecular flexibility index (Phi) is 4.84. The zero-order valence-electron chi connectivity index (χ0n) is 11.4. The number of hydrogen-bond donors (Lipinski definition) is 2. The predicted molar refractivity (Wildman–Crippen MR) is 87.7 cm³/mol. The number of aromatic nitrogens is 2. The van der Waals surface area contributed by atoms with Crippen LogP contribution >= 0.6 is 23.1 Å². The Morgan fingerprint density at radius 1 is 1.43 bits per heavy atom. The molecule has 1 aliphatic rings. The molecule has 1 saturated heterocycles. The summed E-state index contributed by atoms with van der Waals surface area (Å²) in [6.07, 6.45) is 2.23. The van der Waals surface area contributed by atoms with Gasteiger partial charge in [-0.1, -0.05) is 6.07 Å². The van der Waals surface area contributed by atoms with Crippen molar-refractivity contribution in [1.29, 1.82) is 0 Å². The van der Waals surface area contributed by atoms with Gasteiger partial charge in [0.15, 0.2) is 5.13 Å². The molecule has 0 radical (unpaired) electrons. The van der Waals surface area contributed by atoms with Crippen LogP contribution in [0.5, 0.6) is 0 Å². The Morgan fingerprint density at radius 3 is 3.14 bits per heavy atom. The number of thioether (sulfide) groups is 1. The van der Waals surface area contributed by atoms with E-state index in [1.165, 1.54) is 11.3 Å². The van der Waals surface area contributed by atoms with E-state index in [1.54, 1.807) is 6.20 Å². The number of carbonyl (C=O) groups excluding carboxylic acids is 1. The summed E-state index contributed by atoms with van der Waals surface area (Å²) in [5, 5.41) is 8.77. The summed E-state index contributed by atoms with van der Waals surface area (Å²) in [6.45, 7) is 0.976. The predicted octanol–water partition coefficient (Wildman–Crippen LogP) is 2.24. The summed E-state index contributed by atoms with van der Waals surface area (Å²) < 4.78 is 0. The molecule has 1 unspecified atom stereocenters. The first-order chi connectivity index (χ1) is 10.3. The van der Waals surface area contributed by atoms with Crippen LogP contribution in [0.15, 0.2) is 29.8 Å². The lowest BCUT2D eigenvalue weighted by molar-refractivity contribution is -0.116. The van der Waals surface area contributed by atoms with Gasteiger partial charge in [0.1, 0.15) is 5.69 Å². The van der Waals surface area contributed by atoms with E-state index < -0.39 is 0 Å². The maximum atomic E-state index is 12.0. The van der Waals surface area contributed by atoms with Crippen molar-refractivity contribution in [2.24, 2.45) is 0 Å². The number of carbonyl (C=O) groups is 1. The summed E-state index contributed by atoms with van der Waals surface area (Å²) >= 11 is 3.31. The van der Waals surface area contributed by atoms with Gasteiger partial charge in [-0.05, 0) is 12.1 Å². The molecule has 110 valence electrons. The number of pyridine rings is 1. The number of nitrogens with one attached hydrogen (secondary N) is 2. The van der Waals surface area contributed by atoms with Gasteiger partial charge in [-0.15, -0.1) is 11.3 Å². The molecule has 1 atom stereocenters. The fourth-order valence-electron chi connectivity index (χ4n) is 2.11. The van der Waals surface area contributed by atoms with Crippen LogP contribution in [0, 0.1) is 0 Å². The molecule has 2 aromatic rings. The lowest BCUT2D eigenvalue weighted by Crippen LogP contribution is -2.39. The van der Waals surface area contributed by atoms with Crippen molar-refractivity contribution in [1.82, 2.24) is 15.3 Å². The minimum Gasteiger partial charge on any atom is -0.312 e. The largest absolute Gasteiger partial charge is 0.312 e. The standard InChI is InChI=1S/C14H16N4OS2/c19-13(7-10-8-20-6-5-15-10)18-14-17-12(9-21-14)11-3-1-2-4-16-11/h1-4,9-10,15H,5-8H2,(H,17,18,19). The van der Waals surface area contributed by atoms with E-state index in [4.69, 9.17) is 0 Å². The third kappa shape index (κ3) is 4.03. The highest BCUT2D eigenvalue weighted by atomic mass is 32.2. The van der Waals surface area contributed by atoms with Crippen LogP contribution in [0.25, 0.3) is 11.4 Å². The zero-order valence-corrected chi connectivity index (χ0v) is 13.0. The van der Waals surface area contributed by atoms with E-state index >= 15 is 0 Å². The lowest BCUT2D eigenvalue weighted by atomic mass is 10.2. The van der Waals surface area contributed by atoms with Crippen LogP contribution in [0.1, 0.15) is 6.42 Å². The topological polar surface area (TPSA) is 66.9 Å². The van der Waals surface area contributed by atoms with E-state index in [-0.39, 0.29) is 11.9 Å². The Bertz CT molecular complexity index is 596. The molecule has 3 heterocycles. The Hall–Kier alpha value is -1.44. The quantitative estimate of drug-likeness (QED) is 0.904. The Morgan fingerprint density at radius 2 is 2.38 bits per heavy atom. The number of rotatable bonds is 4. The van der Waals surface area contributed by atoms with E-state index in [1.807, 2.05) is 35.3 Å². The van der Waals surface area contributed by atoms with Crippen molar-refractivity contribution in [3.63, 3.8) is 0 Å². The molecule has 7 heteroatoms. The van der Waals surface area contributed by atoms with Gasteiger partial charge in [0.05, 0.1) is 5.69 Å². The summed E-state index contributed by atoms with van der Waals surface area (Å²) in [5.41, 5.74) is 1.61. The summed E-state index contributed by atoms with van der Waals surface area (Å²) in [4.78, 5) is 20.7. The molecule has 2 aromatic heterocycles. The average Bonchev–Trinajstić information content (AvgIpc) is 2.97. The molecule has 0 bridgehead atoms. The summed E-state index contributed by atoms with van der Waals surface area (Å²) in [5.74, 6) is 2.12. The first-order valence-corrected chi connectivity index (χ1v) is 8.82. The molecule has 2 N–H and O–H groups in total. The van der Waals surface area contributed by atoms with Gasteiger partial charge >= 0.3 is 0 Å². The monoisotopic (exact) mass is 320 g/mol. The number of amides is 1. The van der Waals surface area contributed by atoms with Gasteiger partial charge in [0.2, 0.25) is 5.91 Å². The third-order valence-electron chi connectivity index (χ3n) is 3.11. The van der Waals surface area contributed by atoms with Crippen LogP contribution in [-0.4, -0.2) is 40.0 Å². The number of anilines is 1. The smallest absolute Gasteiger partial charge is 0.227 e. The fourth-order valence-corrected chi connectivity index (χ4v) is 3.78. The van der Waals surface area contributed by atoms with Crippen LogP contribution in [-0.2, 0) is 4.79 Å². The lowest BCUT2D eigenvalue weighted by Gasteiger charge is -2.22. The van der Waals surface area contributed by atoms with Crippen molar-refractivity contribution in [3.8, 4) is 11.4 Å². The first-order valence-electron chi connectivity index (χ1n) is 6.79. The van der Waals surface area contributed by atoms with Crippen LogP contribution < -0.4 is 10.6 Å². The molecule has 1 aliphatic heterocycles. The normalized spacial score (nSPS) is 18.4. The van der Waals surface area contributed by atoms with Crippen molar-refractivity contribution in [2.75, 3.05) is 23.4 Å². The van der Waals surface area contributed by atoms with Crippen molar-refractivity contribution >= 4 is 34.1 Å². The van der Waals surface area contributed by atoms with Crippen molar-refractivity contribution in [3.05, 3.63) is 29.8 Å². The minimum absolute atomic E-state index is 0.0110. The Labute approximate surface area is 131 Å². The second kappa shape index (κ2) is 7.02.